The fraction of sp³-hybridized carbons (Fsp3) is 0.100. The fourth-order valence-corrected chi connectivity index (χ4v) is 1.55. The van der Waals surface area contributed by atoms with Crippen LogP contribution in [0, 0.1) is 0 Å². The summed E-state index contributed by atoms with van der Waals surface area (Å²) in [6, 6.07) is 7.07. The Morgan fingerprint density at radius 3 is 2.69 bits per heavy atom. The highest BCUT2D eigenvalue weighted by Gasteiger charge is 2.08. The fourth-order valence-electron chi connectivity index (χ4n) is 1.13. The number of methoxy groups -OCH3 is 1. The molecule has 2 aromatic rings. The van der Waals surface area contributed by atoms with E-state index in [0.29, 0.717) is 11.4 Å². The summed E-state index contributed by atoms with van der Waals surface area (Å²) in [4.78, 5) is 11.6. The molecule has 1 aromatic carbocycles. The van der Waals surface area contributed by atoms with Crippen LogP contribution >= 0.6 is 11.7 Å². The maximum absolute atomic E-state index is 11.6. The van der Waals surface area contributed by atoms with Gasteiger partial charge in [0.15, 0.2) is 5.69 Å². The first-order chi connectivity index (χ1) is 7.79. The molecule has 0 aliphatic carbocycles. The van der Waals surface area contributed by atoms with Gasteiger partial charge in [-0.25, -0.2) is 0 Å². The standard InChI is InChI=1S/C10H9N3O2S/c1-15-8-4-2-7(3-5-8)12-10(14)9-6-11-16-13-9/h2-6H,1H3,(H,12,14). The molecule has 0 saturated carbocycles. The quantitative estimate of drug-likeness (QED) is 0.881. The van der Waals surface area contributed by atoms with Crippen molar-refractivity contribution >= 4 is 23.3 Å². The third kappa shape index (κ3) is 2.34. The smallest absolute Gasteiger partial charge is 0.277 e. The van der Waals surface area contributed by atoms with Gasteiger partial charge < -0.3 is 10.1 Å². The highest BCUT2D eigenvalue weighted by Crippen LogP contribution is 2.15. The van der Waals surface area contributed by atoms with E-state index in [0.717, 1.165) is 17.5 Å². The second-order valence-corrected chi connectivity index (χ2v) is 3.53. The second kappa shape index (κ2) is 4.71. The molecule has 0 spiro atoms. The highest BCUT2D eigenvalue weighted by atomic mass is 32.1. The van der Waals surface area contributed by atoms with Gasteiger partial charge in [0.1, 0.15) is 5.75 Å². The molecule has 0 aliphatic heterocycles. The minimum Gasteiger partial charge on any atom is -0.497 e. The van der Waals surface area contributed by atoms with Gasteiger partial charge in [0, 0.05) is 5.69 Å². The summed E-state index contributed by atoms with van der Waals surface area (Å²) in [6.07, 6.45) is 1.43. The first-order valence-electron chi connectivity index (χ1n) is 4.52. The van der Waals surface area contributed by atoms with Crippen LogP contribution in [0.4, 0.5) is 5.69 Å². The van der Waals surface area contributed by atoms with Crippen molar-refractivity contribution in [2.45, 2.75) is 0 Å². The van der Waals surface area contributed by atoms with Crippen molar-refractivity contribution in [3.8, 4) is 5.75 Å². The molecular weight excluding hydrogens is 226 g/mol. The third-order valence-corrected chi connectivity index (χ3v) is 2.42. The molecule has 5 nitrogen and oxygen atoms in total. The average molecular weight is 235 g/mol. The summed E-state index contributed by atoms with van der Waals surface area (Å²) in [5.41, 5.74) is 1.01. The zero-order valence-electron chi connectivity index (χ0n) is 8.51. The number of rotatable bonds is 3. The number of amides is 1. The van der Waals surface area contributed by atoms with E-state index >= 15 is 0 Å². The lowest BCUT2D eigenvalue weighted by Gasteiger charge is -2.04. The summed E-state index contributed by atoms with van der Waals surface area (Å²) in [7, 11) is 1.59. The Kier molecular flexibility index (Phi) is 3.11. The van der Waals surface area contributed by atoms with Gasteiger partial charge in [-0.3, -0.25) is 4.79 Å². The van der Waals surface area contributed by atoms with Gasteiger partial charge in [0.05, 0.1) is 25.0 Å². The summed E-state index contributed by atoms with van der Waals surface area (Å²) in [5, 5.41) is 2.71. The normalized spacial score (nSPS) is 9.81. The van der Waals surface area contributed by atoms with Crippen molar-refractivity contribution in [3.63, 3.8) is 0 Å². The minimum absolute atomic E-state index is 0.265. The average Bonchev–Trinajstić information content (AvgIpc) is 2.83. The summed E-state index contributed by atoms with van der Waals surface area (Å²) < 4.78 is 12.6. The first kappa shape index (κ1) is 10.6. The number of nitrogens with zero attached hydrogens (tertiary/aromatic N) is 2. The molecule has 0 saturated heterocycles. The van der Waals surface area contributed by atoms with E-state index in [2.05, 4.69) is 14.1 Å². The van der Waals surface area contributed by atoms with E-state index in [1.54, 1.807) is 31.4 Å². The molecule has 16 heavy (non-hydrogen) atoms. The van der Waals surface area contributed by atoms with E-state index in [1.807, 2.05) is 0 Å². The molecule has 1 heterocycles. The summed E-state index contributed by atoms with van der Waals surface area (Å²) in [6.45, 7) is 0. The second-order valence-electron chi connectivity index (χ2n) is 2.98. The van der Waals surface area contributed by atoms with Crippen molar-refractivity contribution in [2.75, 3.05) is 12.4 Å². The molecule has 0 fully saturated rings. The van der Waals surface area contributed by atoms with Crippen LogP contribution < -0.4 is 10.1 Å². The molecule has 6 heteroatoms. The number of ether oxygens (including phenoxy) is 1. The Balaban J connectivity index is 2.06. The lowest BCUT2D eigenvalue weighted by atomic mass is 10.3. The van der Waals surface area contributed by atoms with E-state index in [9.17, 15) is 4.79 Å². The number of nitrogens with one attached hydrogen (secondary N) is 1. The van der Waals surface area contributed by atoms with Gasteiger partial charge >= 0.3 is 0 Å². The van der Waals surface area contributed by atoms with Crippen LogP contribution in [-0.4, -0.2) is 21.8 Å². The van der Waals surface area contributed by atoms with Crippen molar-refractivity contribution < 1.29 is 9.53 Å². The van der Waals surface area contributed by atoms with Crippen molar-refractivity contribution in [1.29, 1.82) is 0 Å². The molecule has 2 rings (SSSR count). The van der Waals surface area contributed by atoms with E-state index in [-0.39, 0.29) is 5.91 Å². The number of aromatic nitrogens is 2. The monoisotopic (exact) mass is 235 g/mol. The van der Waals surface area contributed by atoms with Gasteiger partial charge in [-0.2, -0.15) is 8.75 Å². The molecular formula is C10H9N3O2S. The molecule has 0 unspecified atom stereocenters. The molecule has 1 aromatic heterocycles. The van der Waals surface area contributed by atoms with Gasteiger partial charge in [0.2, 0.25) is 0 Å². The van der Waals surface area contributed by atoms with Gasteiger partial charge in [-0.1, -0.05) is 0 Å². The Morgan fingerprint density at radius 1 is 1.38 bits per heavy atom. The number of hydrogen-bond donors (Lipinski definition) is 1. The molecule has 1 N–H and O–H groups in total. The maximum Gasteiger partial charge on any atom is 0.277 e. The predicted octanol–water partition coefficient (Wildman–Crippen LogP) is 1.80. The van der Waals surface area contributed by atoms with Crippen molar-refractivity contribution in [2.24, 2.45) is 0 Å². The predicted molar refractivity (Wildman–Crippen MR) is 60.9 cm³/mol. The zero-order chi connectivity index (χ0) is 11.4. The van der Waals surface area contributed by atoms with Crippen LogP contribution in [0.15, 0.2) is 30.5 Å². The molecule has 0 aliphatic rings. The topological polar surface area (TPSA) is 64.1 Å². The van der Waals surface area contributed by atoms with Crippen LogP contribution in [0.2, 0.25) is 0 Å². The molecule has 0 bridgehead atoms. The van der Waals surface area contributed by atoms with Gasteiger partial charge in [0.25, 0.3) is 5.91 Å². The van der Waals surface area contributed by atoms with E-state index < -0.39 is 0 Å². The largest absolute Gasteiger partial charge is 0.497 e. The van der Waals surface area contributed by atoms with Crippen LogP contribution in [0.3, 0.4) is 0 Å². The number of hydrogen-bond acceptors (Lipinski definition) is 5. The summed E-state index contributed by atoms with van der Waals surface area (Å²) in [5.74, 6) is 0.479. The number of anilines is 1. The van der Waals surface area contributed by atoms with E-state index in [4.69, 9.17) is 4.74 Å². The molecule has 0 atom stereocenters. The Labute approximate surface area is 96.4 Å². The van der Waals surface area contributed by atoms with Crippen LogP contribution in [0.25, 0.3) is 0 Å². The van der Waals surface area contributed by atoms with Crippen LogP contribution in [0.1, 0.15) is 10.5 Å². The SMILES string of the molecule is COc1ccc(NC(=O)c2cnsn2)cc1. The zero-order valence-corrected chi connectivity index (χ0v) is 9.32. The van der Waals surface area contributed by atoms with Gasteiger partial charge in [-0.05, 0) is 24.3 Å². The molecule has 0 radical (unpaired) electrons. The van der Waals surface area contributed by atoms with Gasteiger partial charge in [-0.15, -0.1) is 0 Å². The lowest BCUT2D eigenvalue weighted by Crippen LogP contribution is -2.11. The summed E-state index contributed by atoms with van der Waals surface area (Å²) >= 11 is 1.00. The molecule has 82 valence electrons. The maximum atomic E-state index is 11.6. The molecule has 1 amide bonds. The minimum atomic E-state index is -0.265. The van der Waals surface area contributed by atoms with Crippen LogP contribution in [-0.2, 0) is 0 Å². The highest BCUT2D eigenvalue weighted by molar-refractivity contribution is 6.99. The van der Waals surface area contributed by atoms with Crippen molar-refractivity contribution in [1.82, 2.24) is 8.75 Å². The Morgan fingerprint density at radius 2 is 2.12 bits per heavy atom. The third-order valence-electron chi connectivity index (χ3n) is 1.94. The van der Waals surface area contributed by atoms with E-state index in [1.165, 1.54) is 6.20 Å². The van der Waals surface area contributed by atoms with Crippen LogP contribution in [0.5, 0.6) is 5.75 Å². The first-order valence-corrected chi connectivity index (χ1v) is 5.25. The Hall–Kier alpha value is -1.95. The van der Waals surface area contributed by atoms with Crippen molar-refractivity contribution in [3.05, 3.63) is 36.2 Å². The number of carbonyl (C=O) groups is 1. The lowest BCUT2D eigenvalue weighted by molar-refractivity contribution is 0.102. The number of benzene rings is 1. The number of carbonyl (C=O) groups excluding carboxylic acids is 1. The Bertz CT molecular complexity index is 467.